The van der Waals surface area contributed by atoms with Crippen LogP contribution in [0.25, 0.3) is 0 Å². The second kappa shape index (κ2) is 14.4. The predicted molar refractivity (Wildman–Crippen MR) is 134 cm³/mol. The topological polar surface area (TPSA) is 72.4 Å². The number of likely N-dealkylation sites (N-methyl/N-ethyl adjacent to an activating group) is 1. The summed E-state index contributed by atoms with van der Waals surface area (Å²) in [5.74, 6) is 1.73. The van der Waals surface area contributed by atoms with Crippen molar-refractivity contribution in [3.05, 3.63) is 0 Å². The maximum atomic E-state index is 12.3. The molecule has 0 aromatic heterocycles. The van der Waals surface area contributed by atoms with Crippen molar-refractivity contribution < 1.29 is 9.53 Å². The molecular weight excluding hydrogens is 495 g/mol. The highest BCUT2D eigenvalue weighted by molar-refractivity contribution is 14.0. The summed E-state index contributed by atoms with van der Waals surface area (Å²) in [7, 11) is 5.48. The van der Waals surface area contributed by atoms with E-state index in [-0.39, 0.29) is 42.0 Å². The van der Waals surface area contributed by atoms with Crippen LogP contribution in [0.5, 0.6) is 0 Å². The SMILES string of the molecule is CN=C(NCCCN1CCCC1C(=O)N(C)C)NCC1CN(CC(C)C)CCO1.I. The monoisotopic (exact) mass is 538 g/mol. The van der Waals surface area contributed by atoms with Crippen LogP contribution < -0.4 is 10.6 Å². The molecule has 176 valence electrons. The van der Waals surface area contributed by atoms with Gasteiger partial charge in [-0.25, -0.2) is 0 Å². The van der Waals surface area contributed by atoms with Crippen LogP contribution in [0, 0.1) is 5.92 Å². The summed E-state index contributed by atoms with van der Waals surface area (Å²) in [5, 5.41) is 6.79. The van der Waals surface area contributed by atoms with Gasteiger partial charge in [-0.05, 0) is 31.7 Å². The molecule has 2 N–H and O–H groups in total. The lowest BCUT2D eigenvalue weighted by Gasteiger charge is -2.34. The molecule has 0 spiro atoms. The second-order valence-corrected chi connectivity index (χ2v) is 8.81. The molecule has 0 radical (unpaired) electrons. The fourth-order valence-electron chi connectivity index (χ4n) is 4.18. The van der Waals surface area contributed by atoms with Crippen molar-refractivity contribution in [2.45, 2.75) is 45.3 Å². The third-order valence-corrected chi connectivity index (χ3v) is 5.57. The molecule has 2 atom stereocenters. The van der Waals surface area contributed by atoms with Crippen molar-refractivity contribution in [3.8, 4) is 0 Å². The lowest BCUT2D eigenvalue weighted by atomic mass is 10.2. The minimum absolute atomic E-state index is 0. The molecule has 2 aliphatic rings. The van der Waals surface area contributed by atoms with Crippen LogP contribution >= 0.6 is 24.0 Å². The number of rotatable bonds is 9. The van der Waals surface area contributed by atoms with Crippen LogP contribution in [0.3, 0.4) is 0 Å². The first-order valence-electron chi connectivity index (χ1n) is 11.1. The van der Waals surface area contributed by atoms with E-state index in [1.165, 1.54) is 0 Å². The molecule has 1 amide bonds. The number of nitrogens with zero attached hydrogens (tertiary/aromatic N) is 4. The van der Waals surface area contributed by atoms with E-state index in [0.29, 0.717) is 5.92 Å². The van der Waals surface area contributed by atoms with E-state index < -0.39 is 0 Å². The van der Waals surface area contributed by atoms with Gasteiger partial charge in [0.05, 0.1) is 18.8 Å². The van der Waals surface area contributed by atoms with E-state index in [0.717, 1.165) is 77.6 Å². The fourth-order valence-corrected chi connectivity index (χ4v) is 4.18. The number of hydrogen-bond donors (Lipinski definition) is 2. The highest BCUT2D eigenvalue weighted by Gasteiger charge is 2.31. The zero-order valence-electron chi connectivity index (χ0n) is 19.5. The molecule has 2 aliphatic heterocycles. The largest absolute Gasteiger partial charge is 0.374 e. The number of halogens is 1. The number of morpholine rings is 1. The van der Waals surface area contributed by atoms with Crippen molar-refractivity contribution in [1.82, 2.24) is 25.3 Å². The molecule has 0 aliphatic carbocycles. The number of ether oxygens (including phenoxy) is 1. The first-order chi connectivity index (χ1) is 13.9. The maximum absolute atomic E-state index is 12.3. The number of carbonyl (C=O) groups is 1. The van der Waals surface area contributed by atoms with Crippen LogP contribution in [-0.2, 0) is 9.53 Å². The third kappa shape index (κ3) is 9.23. The number of aliphatic imine (C=N–C) groups is 1. The molecule has 0 aromatic carbocycles. The summed E-state index contributed by atoms with van der Waals surface area (Å²) >= 11 is 0. The van der Waals surface area contributed by atoms with E-state index in [2.05, 4.69) is 39.3 Å². The van der Waals surface area contributed by atoms with Crippen LogP contribution in [0.15, 0.2) is 4.99 Å². The Hall–Kier alpha value is -0.650. The summed E-state index contributed by atoms with van der Waals surface area (Å²) in [4.78, 5) is 23.1. The summed E-state index contributed by atoms with van der Waals surface area (Å²) in [5.41, 5.74) is 0. The zero-order chi connectivity index (χ0) is 21.2. The molecule has 8 nitrogen and oxygen atoms in total. The van der Waals surface area contributed by atoms with E-state index in [1.807, 2.05) is 14.1 Å². The average molecular weight is 539 g/mol. The fraction of sp³-hybridized carbons (Fsp3) is 0.905. The Labute approximate surface area is 200 Å². The minimum atomic E-state index is 0. The molecule has 30 heavy (non-hydrogen) atoms. The van der Waals surface area contributed by atoms with Gasteiger partial charge in [-0.2, -0.15) is 0 Å². The van der Waals surface area contributed by atoms with Gasteiger partial charge in [-0.1, -0.05) is 13.8 Å². The van der Waals surface area contributed by atoms with E-state index in [4.69, 9.17) is 4.74 Å². The minimum Gasteiger partial charge on any atom is -0.374 e. The van der Waals surface area contributed by atoms with Gasteiger partial charge >= 0.3 is 0 Å². The number of likely N-dealkylation sites (tertiary alicyclic amines) is 1. The summed E-state index contributed by atoms with van der Waals surface area (Å²) in [6.45, 7) is 12.0. The Bertz CT molecular complexity index is 532. The Kier molecular flexibility index (Phi) is 13.2. The number of hydrogen-bond acceptors (Lipinski definition) is 5. The Morgan fingerprint density at radius 2 is 2.03 bits per heavy atom. The van der Waals surface area contributed by atoms with Gasteiger partial charge in [0.25, 0.3) is 0 Å². The van der Waals surface area contributed by atoms with Crippen molar-refractivity contribution in [2.24, 2.45) is 10.9 Å². The lowest BCUT2D eigenvalue weighted by molar-refractivity contribution is -0.133. The zero-order valence-corrected chi connectivity index (χ0v) is 21.9. The molecule has 0 bridgehead atoms. The molecule has 2 rings (SSSR count). The van der Waals surface area contributed by atoms with Gasteiger partial charge in [0.1, 0.15) is 0 Å². The number of carbonyl (C=O) groups excluding carboxylic acids is 1. The van der Waals surface area contributed by atoms with Gasteiger partial charge in [-0.3, -0.25) is 19.6 Å². The first kappa shape index (κ1) is 27.4. The van der Waals surface area contributed by atoms with Crippen molar-refractivity contribution in [1.29, 1.82) is 0 Å². The number of guanidine groups is 1. The third-order valence-electron chi connectivity index (χ3n) is 5.57. The molecule has 2 unspecified atom stereocenters. The molecule has 2 saturated heterocycles. The van der Waals surface area contributed by atoms with Gasteiger partial charge < -0.3 is 20.3 Å². The van der Waals surface area contributed by atoms with Crippen molar-refractivity contribution >= 4 is 35.8 Å². The Morgan fingerprint density at radius 1 is 1.27 bits per heavy atom. The smallest absolute Gasteiger partial charge is 0.239 e. The van der Waals surface area contributed by atoms with Crippen LogP contribution in [0.4, 0.5) is 0 Å². The highest BCUT2D eigenvalue weighted by atomic mass is 127. The molecular formula is C21H43IN6O2. The van der Waals surface area contributed by atoms with Gasteiger partial charge in [0.2, 0.25) is 5.91 Å². The van der Waals surface area contributed by atoms with Gasteiger partial charge in [0.15, 0.2) is 5.96 Å². The Balaban J connectivity index is 0.00000450. The average Bonchev–Trinajstić information content (AvgIpc) is 3.15. The molecule has 2 fully saturated rings. The summed E-state index contributed by atoms with van der Waals surface area (Å²) < 4.78 is 5.90. The summed E-state index contributed by atoms with van der Waals surface area (Å²) in [6.07, 6.45) is 3.27. The van der Waals surface area contributed by atoms with Crippen LogP contribution in [-0.4, -0.2) is 112 Å². The molecule has 0 saturated carbocycles. The number of nitrogens with one attached hydrogen (secondary N) is 2. The molecule has 9 heteroatoms. The van der Waals surface area contributed by atoms with Crippen molar-refractivity contribution in [3.63, 3.8) is 0 Å². The quantitative estimate of drug-likeness (QED) is 0.198. The normalized spacial score (nSPS) is 23.3. The Morgan fingerprint density at radius 3 is 2.70 bits per heavy atom. The van der Waals surface area contributed by atoms with E-state index >= 15 is 0 Å². The highest BCUT2D eigenvalue weighted by Crippen LogP contribution is 2.18. The van der Waals surface area contributed by atoms with Crippen LogP contribution in [0.1, 0.15) is 33.1 Å². The second-order valence-electron chi connectivity index (χ2n) is 8.81. The molecule has 0 aromatic rings. The van der Waals surface area contributed by atoms with E-state index in [9.17, 15) is 4.79 Å². The molecule has 2 heterocycles. The van der Waals surface area contributed by atoms with E-state index in [1.54, 1.807) is 11.9 Å². The van der Waals surface area contributed by atoms with Gasteiger partial charge in [0, 0.05) is 60.4 Å². The standard InChI is InChI=1S/C21H42N6O2.HI/c1-17(2)15-26-12-13-29-18(16-26)14-24-21(22-3)23-9-7-11-27-10-6-8-19(27)20(28)25(4)5;/h17-19H,6-16H2,1-5H3,(H2,22,23,24);1H. The van der Waals surface area contributed by atoms with Crippen molar-refractivity contribution in [2.75, 3.05) is 73.6 Å². The number of amides is 1. The van der Waals surface area contributed by atoms with Gasteiger partial charge in [-0.15, -0.1) is 24.0 Å². The lowest BCUT2D eigenvalue weighted by Crippen LogP contribution is -2.50. The first-order valence-corrected chi connectivity index (χ1v) is 11.1. The predicted octanol–water partition coefficient (Wildman–Crippen LogP) is 1.07. The maximum Gasteiger partial charge on any atom is 0.239 e. The van der Waals surface area contributed by atoms with Crippen LogP contribution in [0.2, 0.25) is 0 Å². The summed E-state index contributed by atoms with van der Waals surface area (Å²) in [6, 6.07) is 0.0553.